The number of fused-ring (bicyclic) bond motifs is 1. The number of hydrogen-bond acceptors (Lipinski definition) is 3. The number of hydrogen-bond donors (Lipinski definition) is 2. The van der Waals surface area contributed by atoms with E-state index in [1.165, 1.54) is 22.5 Å². The lowest BCUT2D eigenvalue weighted by atomic mass is 10.0. The van der Waals surface area contributed by atoms with Crippen LogP contribution in [0.25, 0.3) is 22.0 Å². The summed E-state index contributed by atoms with van der Waals surface area (Å²) in [6, 6.07) is 32.9. The van der Waals surface area contributed by atoms with Crippen LogP contribution in [-0.2, 0) is 13.0 Å². The number of rotatable bonds is 6. The van der Waals surface area contributed by atoms with Gasteiger partial charge in [0.05, 0.1) is 5.69 Å². The van der Waals surface area contributed by atoms with Gasteiger partial charge >= 0.3 is 6.03 Å². The van der Waals surface area contributed by atoms with Crippen LogP contribution in [0.2, 0.25) is 0 Å². The smallest absolute Gasteiger partial charge is 0.321 e. The Morgan fingerprint density at radius 3 is 2.36 bits per heavy atom. The zero-order valence-electron chi connectivity index (χ0n) is 18.0. The molecule has 0 aliphatic rings. The van der Waals surface area contributed by atoms with Crippen molar-refractivity contribution in [2.45, 2.75) is 13.0 Å². The van der Waals surface area contributed by atoms with Crippen LogP contribution >= 0.6 is 11.3 Å². The van der Waals surface area contributed by atoms with E-state index in [9.17, 15) is 4.79 Å². The number of aromatic nitrogens is 1. The van der Waals surface area contributed by atoms with Crippen LogP contribution in [0.3, 0.4) is 0 Å². The summed E-state index contributed by atoms with van der Waals surface area (Å²) in [7, 11) is 0. The van der Waals surface area contributed by atoms with Crippen LogP contribution in [-0.4, -0.2) is 11.0 Å². The standard InChI is InChI=1S/C28H23N3OS/c32-27(29-18-24-11-6-10-22-9-4-5-12-25(22)24)31-28-30-26(19-33-28)23-15-13-21(14-16-23)17-20-7-2-1-3-8-20/h1-16,19H,17-18H2,(H2,29,30,31,32). The quantitative estimate of drug-likeness (QED) is 0.297. The summed E-state index contributed by atoms with van der Waals surface area (Å²) in [4.78, 5) is 17.0. The topological polar surface area (TPSA) is 54.0 Å². The molecule has 4 nitrogen and oxygen atoms in total. The molecule has 0 radical (unpaired) electrons. The number of urea groups is 1. The van der Waals surface area contributed by atoms with Crippen LogP contribution in [0, 0.1) is 0 Å². The predicted octanol–water partition coefficient (Wildman–Crippen LogP) is 6.88. The Kier molecular flexibility index (Phi) is 6.13. The molecule has 5 aromatic rings. The van der Waals surface area contributed by atoms with Crippen molar-refractivity contribution in [2.24, 2.45) is 0 Å². The molecule has 33 heavy (non-hydrogen) atoms. The molecule has 1 heterocycles. The van der Waals surface area contributed by atoms with Gasteiger partial charge in [0.2, 0.25) is 0 Å². The fraction of sp³-hybridized carbons (Fsp3) is 0.0714. The lowest BCUT2D eigenvalue weighted by Crippen LogP contribution is -2.28. The van der Waals surface area contributed by atoms with Gasteiger partial charge in [0.15, 0.2) is 5.13 Å². The van der Waals surface area contributed by atoms with Crippen molar-refractivity contribution in [3.05, 3.63) is 119 Å². The molecule has 0 spiro atoms. The number of thiazole rings is 1. The molecular weight excluding hydrogens is 426 g/mol. The zero-order chi connectivity index (χ0) is 22.5. The second kappa shape index (κ2) is 9.67. The third-order valence-corrected chi connectivity index (χ3v) is 6.30. The maximum atomic E-state index is 12.4. The highest BCUT2D eigenvalue weighted by atomic mass is 32.1. The van der Waals surface area contributed by atoms with Gasteiger partial charge < -0.3 is 5.32 Å². The summed E-state index contributed by atoms with van der Waals surface area (Å²) < 4.78 is 0. The SMILES string of the molecule is O=C(NCc1cccc2ccccc12)Nc1nc(-c2ccc(Cc3ccccc3)cc2)cs1. The van der Waals surface area contributed by atoms with Crippen LogP contribution in [0.4, 0.5) is 9.93 Å². The van der Waals surface area contributed by atoms with Gasteiger partial charge in [0.1, 0.15) is 0 Å². The molecule has 0 bridgehead atoms. The van der Waals surface area contributed by atoms with Gasteiger partial charge in [-0.2, -0.15) is 0 Å². The molecule has 2 amide bonds. The molecule has 162 valence electrons. The molecule has 4 aromatic carbocycles. The third kappa shape index (κ3) is 5.10. The van der Waals surface area contributed by atoms with Crippen LogP contribution < -0.4 is 10.6 Å². The van der Waals surface area contributed by atoms with Gasteiger partial charge in [-0.15, -0.1) is 11.3 Å². The summed E-state index contributed by atoms with van der Waals surface area (Å²) in [5, 5.41) is 10.6. The van der Waals surface area contributed by atoms with Crippen molar-refractivity contribution in [3.8, 4) is 11.3 Å². The minimum Gasteiger partial charge on any atom is -0.334 e. The number of benzene rings is 4. The van der Waals surface area contributed by atoms with Crippen LogP contribution in [0.5, 0.6) is 0 Å². The summed E-state index contributed by atoms with van der Waals surface area (Å²) in [6.45, 7) is 0.453. The van der Waals surface area contributed by atoms with E-state index in [-0.39, 0.29) is 6.03 Å². The molecule has 5 rings (SSSR count). The molecule has 5 heteroatoms. The van der Waals surface area contributed by atoms with Crippen molar-refractivity contribution in [1.82, 2.24) is 10.3 Å². The van der Waals surface area contributed by atoms with Crippen LogP contribution in [0.15, 0.2) is 102 Å². The van der Waals surface area contributed by atoms with Crippen molar-refractivity contribution in [2.75, 3.05) is 5.32 Å². The average Bonchev–Trinajstić information content (AvgIpc) is 3.32. The predicted molar refractivity (Wildman–Crippen MR) is 137 cm³/mol. The Labute approximate surface area is 197 Å². The number of carbonyl (C=O) groups is 1. The molecule has 2 N–H and O–H groups in total. The summed E-state index contributed by atoms with van der Waals surface area (Å²) in [6.07, 6.45) is 0.905. The Morgan fingerprint density at radius 2 is 1.52 bits per heavy atom. The number of anilines is 1. The fourth-order valence-electron chi connectivity index (χ4n) is 3.85. The number of nitrogens with zero attached hydrogens (tertiary/aromatic N) is 1. The Balaban J connectivity index is 1.19. The fourth-order valence-corrected chi connectivity index (χ4v) is 4.57. The maximum Gasteiger partial charge on any atom is 0.321 e. The molecule has 0 aliphatic heterocycles. The largest absolute Gasteiger partial charge is 0.334 e. The highest BCUT2D eigenvalue weighted by Gasteiger charge is 2.09. The van der Waals surface area contributed by atoms with Gasteiger partial charge in [-0.1, -0.05) is 97.1 Å². The first-order valence-electron chi connectivity index (χ1n) is 10.8. The Hall–Kier alpha value is -3.96. The number of nitrogens with one attached hydrogen (secondary N) is 2. The highest BCUT2D eigenvalue weighted by molar-refractivity contribution is 7.14. The molecule has 0 saturated heterocycles. The maximum absolute atomic E-state index is 12.4. The van der Waals surface area contributed by atoms with E-state index in [0.29, 0.717) is 11.7 Å². The molecule has 0 aliphatic carbocycles. The molecule has 0 atom stereocenters. The first kappa shape index (κ1) is 20.9. The summed E-state index contributed by atoms with van der Waals surface area (Å²) in [5.41, 5.74) is 5.52. The summed E-state index contributed by atoms with van der Waals surface area (Å²) in [5.74, 6) is 0. The Bertz CT molecular complexity index is 1370. The lowest BCUT2D eigenvalue weighted by molar-refractivity contribution is 0.252. The van der Waals surface area contributed by atoms with E-state index in [2.05, 4.69) is 82.3 Å². The molecule has 1 aromatic heterocycles. The van der Waals surface area contributed by atoms with Crippen molar-refractivity contribution in [1.29, 1.82) is 0 Å². The first-order chi connectivity index (χ1) is 16.2. The second-order valence-electron chi connectivity index (χ2n) is 7.84. The van der Waals surface area contributed by atoms with E-state index in [1.807, 2.05) is 35.7 Å². The molecule has 0 fully saturated rings. The van der Waals surface area contributed by atoms with Gasteiger partial charge in [0.25, 0.3) is 0 Å². The molecular formula is C28H23N3OS. The van der Waals surface area contributed by atoms with Crippen molar-refractivity contribution in [3.63, 3.8) is 0 Å². The third-order valence-electron chi connectivity index (χ3n) is 5.54. The monoisotopic (exact) mass is 449 g/mol. The lowest BCUT2D eigenvalue weighted by Gasteiger charge is -2.08. The number of amides is 2. The number of carbonyl (C=O) groups excluding carboxylic acids is 1. The van der Waals surface area contributed by atoms with E-state index in [4.69, 9.17) is 0 Å². The molecule has 0 unspecified atom stereocenters. The van der Waals surface area contributed by atoms with Gasteiger partial charge in [-0.25, -0.2) is 9.78 Å². The first-order valence-corrected chi connectivity index (χ1v) is 11.7. The summed E-state index contributed by atoms with van der Waals surface area (Å²) >= 11 is 1.42. The minimum absolute atomic E-state index is 0.262. The normalized spacial score (nSPS) is 10.8. The van der Waals surface area contributed by atoms with Crippen molar-refractivity contribution < 1.29 is 4.79 Å². The van der Waals surface area contributed by atoms with Gasteiger partial charge in [-0.3, -0.25) is 5.32 Å². The van der Waals surface area contributed by atoms with Gasteiger partial charge in [-0.05, 0) is 33.9 Å². The zero-order valence-corrected chi connectivity index (χ0v) is 18.8. The highest BCUT2D eigenvalue weighted by Crippen LogP contribution is 2.26. The van der Waals surface area contributed by atoms with E-state index in [0.717, 1.165) is 34.0 Å². The van der Waals surface area contributed by atoms with E-state index >= 15 is 0 Å². The Morgan fingerprint density at radius 1 is 0.788 bits per heavy atom. The van der Waals surface area contributed by atoms with Crippen LogP contribution in [0.1, 0.15) is 16.7 Å². The van der Waals surface area contributed by atoms with E-state index < -0.39 is 0 Å². The minimum atomic E-state index is -0.262. The molecule has 0 saturated carbocycles. The average molecular weight is 450 g/mol. The second-order valence-corrected chi connectivity index (χ2v) is 8.70. The van der Waals surface area contributed by atoms with E-state index in [1.54, 1.807) is 0 Å². The van der Waals surface area contributed by atoms with Crippen molar-refractivity contribution >= 4 is 33.3 Å². The van der Waals surface area contributed by atoms with Gasteiger partial charge in [0, 0.05) is 17.5 Å².